The number of anilines is 1. The van der Waals surface area contributed by atoms with Crippen molar-refractivity contribution in [2.24, 2.45) is 0 Å². The number of H-pyrrole nitrogens is 1. The van der Waals surface area contributed by atoms with E-state index in [-0.39, 0.29) is 5.56 Å². The number of fused-ring (bicyclic) bond motifs is 1. The van der Waals surface area contributed by atoms with Crippen molar-refractivity contribution in [2.45, 2.75) is 13.3 Å². The number of aryl methyl sites for hydroxylation is 1. The van der Waals surface area contributed by atoms with Crippen LogP contribution >= 0.6 is 0 Å². The smallest absolute Gasteiger partial charge is 0.259 e. The van der Waals surface area contributed by atoms with Gasteiger partial charge >= 0.3 is 0 Å². The molecule has 4 heteroatoms. The first kappa shape index (κ1) is 9.71. The lowest BCUT2D eigenvalue weighted by molar-refractivity contribution is 1.04. The Balaban J connectivity index is 2.87. The molecule has 0 aromatic carbocycles. The molecule has 0 radical (unpaired) electrons. The molecular weight excluding hydrogens is 190 g/mol. The van der Waals surface area contributed by atoms with Gasteiger partial charge in [-0.3, -0.25) is 4.79 Å². The number of hydrogen-bond donors (Lipinski definition) is 2. The molecule has 0 amide bonds. The van der Waals surface area contributed by atoms with E-state index in [0.717, 1.165) is 17.5 Å². The van der Waals surface area contributed by atoms with Gasteiger partial charge in [-0.2, -0.15) is 0 Å². The van der Waals surface area contributed by atoms with Crippen molar-refractivity contribution in [1.82, 2.24) is 9.97 Å². The number of nitrogens with zero attached hydrogens (tertiary/aromatic N) is 1. The minimum Gasteiger partial charge on any atom is -0.372 e. The first-order chi connectivity index (χ1) is 7.26. The van der Waals surface area contributed by atoms with Crippen LogP contribution in [0.1, 0.15) is 12.6 Å². The van der Waals surface area contributed by atoms with E-state index in [1.54, 1.807) is 13.2 Å². The Morgan fingerprint density at radius 2 is 2.33 bits per heavy atom. The van der Waals surface area contributed by atoms with Crippen LogP contribution < -0.4 is 10.9 Å². The number of aromatic nitrogens is 2. The van der Waals surface area contributed by atoms with Crippen LogP contribution in [0, 0.1) is 0 Å². The predicted molar refractivity (Wildman–Crippen MR) is 61.3 cm³/mol. The molecule has 0 fully saturated rings. The van der Waals surface area contributed by atoms with Gasteiger partial charge in [0, 0.05) is 18.9 Å². The van der Waals surface area contributed by atoms with Gasteiger partial charge < -0.3 is 10.3 Å². The van der Waals surface area contributed by atoms with Gasteiger partial charge in [-0.1, -0.05) is 6.92 Å². The summed E-state index contributed by atoms with van der Waals surface area (Å²) in [4.78, 5) is 18.6. The predicted octanol–water partition coefficient (Wildman–Crippen LogP) is 1.53. The van der Waals surface area contributed by atoms with E-state index in [1.807, 2.05) is 19.1 Å². The Hall–Kier alpha value is -1.84. The second-order valence-corrected chi connectivity index (χ2v) is 3.34. The molecule has 2 N–H and O–H groups in total. The summed E-state index contributed by atoms with van der Waals surface area (Å²) in [5, 5.41) is 4.50. The third-order valence-electron chi connectivity index (χ3n) is 2.41. The first-order valence-electron chi connectivity index (χ1n) is 4.95. The summed E-state index contributed by atoms with van der Waals surface area (Å²) >= 11 is 0. The lowest BCUT2D eigenvalue weighted by atomic mass is 10.1. The Kier molecular flexibility index (Phi) is 2.41. The molecule has 0 aliphatic carbocycles. The molecule has 0 spiro atoms. The molecule has 0 aliphatic rings. The number of rotatable bonds is 2. The molecule has 2 aromatic heterocycles. The monoisotopic (exact) mass is 203 g/mol. The van der Waals surface area contributed by atoms with Gasteiger partial charge in [0.25, 0.3) is 5.56 Å². The van der Waals surface area contributed by atoms with Crippen LogP contribution in [0.15, 0.2) is 23.1 Å². The van der Waals surface area contributed by atoms with Gasteiger partial charge in [-0.15, -0.1) is 0 Å². The third-order valence-corrected chi connectivity index (χ3v) is 2.41. The summed E-state index contributed by atoms with van der Waals surface area (Å²) in [7, 11) is 1.77. The summed E-state index contributed by atoms with van der Waals surface area (Å²) in [5.41, 5.74) is 0.879. The zero-order valence-corrected chi connectivity index (χ0v) is 8.79. The molecule has 2 rings (SSSR count). The van der Waals surface area contributed by atoms with Crippen LogP contribution in [-0.4, -0.2) is 17.0 Å². The van der Waals surface area contributed by atoms with Crippen molar-refractivity contribution >= 4 is 16.6 Å². The minimum atomic E-state index is -0.105. The molecular formula is C11H13N3O. The normalized spacial score (nSPS) is 10.5. The zero-order valence-electron chi connectivity index (χ0n) is 8.79. The highest BCUT2D eigenvalue weighted by atomic mass is 16.1. The highest BCUT2D eigenvalue weighted by Crippen LogP contribution is 2.18. The molecule has 4 nitrogen and oxygen atoms in total. The molecule has 0 saturated carbocycles. The Morgan fingerprint density at radius 3 is 3.00 bits per heavy atom. The van der Waals surface area contributed by atoms with Crippen LogP contribution in [0.4, 0.5) is 5.82 Å². The van der Waals surface area contributed by atoms with Crippen molar-refractivity contribution in [3.63, 3.8) is 0 Å². The molecule has 2 aromatic rings. The van der Waals surface area contributed by atoms with Crippen LogP contribution in [0.25, 0.3) is 10.8 Å². The van der Waals surface area contributed by atoms with Crippen molar-refractivity contribution in [2.75, 3.05) is 12.4 Å². The zero-order chi connectivity index (χ0) is 10.8. The molecule has 15 heavy (non-hydrogen) atoms. The Morgan fingerprint density at radius 1 is 1.53 bits per heavy atom. The van der Waals surface area contributed by atoms with E-state index < -0.39 is 0 Å². The van der Waals surface area contributed by atoms with E-state index in [9.17, 15) is 4.79 Å². The lowest BCUT2D eigenvalue weighted by Crippen LogP contribution is -2.09. The van der Waals surface area contributed by atoms with Crippen molar-refractivity contribution in [3.8, 4) is 0 Å². The van der Waals surface area contributed by atoms with Crippen LogP contribution in [0.3, 0.4) is 0 Å². The second kappa shape index (κ2) is 3.73. The van der Waals surface area contributed by atoms with E-state index in [0.29, 0.717) is 11.2 Å². The molecule has 0 unspecified atom stereocenters. The van der Waals surface area contributed by atoms with Crippen LogP contribution in [0.5, 0.6) is 0 Å². The number of aromatic amines is 1. The van der Waals surface area contributed by atoms with E-state index in [1.165, 1.54) is 0 Å². The molecule has 0 saturated heterocycles. The van der Waals surface area contributed by atoms with Gasteiger partial charge in [-0.25, -0.2) is 4.98 Å². The SMILES string of the molecule is CCc1cc2cc[nH]c(=O)c2c(NC)n1. The maximum Gasteiger partial charge on any atom is 0.259 e. The van der Waals surface area contributed by atoms with Gasteiger partial charge in [0.2, 0.25) is 0 Å². The summed E-state index contributed by atoms with van der Waals surface area (Å²) in [6.07, 6.45) is 2.51. The average Bonchev–Trinajstić information content (AvgIpc) is 2.27. The summed E-state index contributed by atoms with van der Waals surface area (Å²) in [6.45, 7) is 2.04. The Bertz CT molecular complexity index is 545. The summed E-state index contributed by atoms with van der Waals surface area (Å²) in [5.74, 6) is 0.645. The standard InChI is InChI=1S/C11H13N3O/c1-3-8-6-7-4-5-13-11(15)9(7)10(12-2)14-8/h4-6H,3H2,1-2H3,(H,12,14)(H,13,15). The fraction of sp³-hybridized carbons (Fsp3) is 0.273. The van der Waals surface area contributed by atoms with Gasteiger partial charge in [0.15, 0.2) is 0 Å². The average molecular weight is 203 g/mol. The maximum atomic E-state index is 11.6. The number of hydrogen-bond acceptors (Lipinski definition) is 3. The van der Waals surface area contributed by atoms with E-state index in [4.69, 9.17) is 0 Å². The highest BCUT2D eigenvalue weighted by Gasteiger charge is 2.06. The van der Waals surface area contributed by atoms with Crippen LogP contribution in [0.2, 0.25) is 0 Å². The summed E-state index contributed by atoms with van der Waals surface area (Å²) < 4.78 is 0. The number of pyridine rings is 2. The van der Waals surface area contributed by atoms with E-state index >= 15 is 0 Å². The largest absolute Gasteiger partial charge is 0.372 e. The van der Waals surface area contributed by atoms with E-state index in [2.05, 4.69) is 15.3 Å². The fourth-order valence-corrected chi connectivity index (χ4v) is 1.63. The van der Waals surface area contributed by atoms with Crippen molar-refractivity contribution < 1.29 is 0 Å². The third kappa shape index (κ3) is 1.58. The maximum absolute atomic E-state index is 11.6. The van der Waals surface area contributed by atoms with Gasteiger partial charge in [0.05, 0.1) is 5.39 Å². The second-order valence-electron chi connectivity index (χ2n) is 3.34. The first-order valence-corrected chi connectivity index (χ1v) is 4.95. The minimum absolute atomic E-state index is 0.105. The number of nitrogens with one attached hydrogen (secondary N) is 2. The van der Waals surface area contributed by atoms with Crippen LogP contribution in [-0.2, 0) is 6.42 Å². The molecule has 2 heterocycles. The topological polar surface area (TPSA) is 57.8 Å². The fourth-order valence-electron chi connectivity index (χ4n) is 1.63. The molecule has 0 bridgehead atoms. The van der Waals surface area contributed by atoms with Gasteiger partial charge in [0.1, 0.15) is 5.82 Å². The van der Waals surface area contributed by atoms with Crippen molar-refractivity contribution in [1.29, 1.82) is 0 Å². The molecule has 0 aliphatic heterocycles. The van der Waals surface area contributed by atoms with Gasteiger partial charge in [-0.05, 0) is 23.9 Å². The molecule has 78 valence electrons. The lowest BCUT2D eigenvalue weighted by Gasteiger charge is -2.06. The quantitative estimate of drug-likeness (QED) is 0.778. The highest BCUT2D eigenvalue weighted by molar-refractivity contribution is 5.91. The summed E-state index contributed by atoms with van der Waals surface area (Å²) in [6, 6.07) is 3.84. The Labute approximate surface area is 87.4 Å². The molecule has 0 atom stereocenters. The van der Waals surface area contributed by atoms with Crippen molar-refractivity contribution in [3.05, 3.63) is 34.4 Å².